The van der Waals surface area contributed by atoms with Gasteiger partial charge in [-0.25, -0.2) is 8.42 Å². The predicted molar refractivity (Wildman–Crippen MR) is 123 cm³/mol. The summed E-state index contributed by atoms with van der Waals surface area (Å²) in [5, 5.41) is 5.50. The average molecular weight is 512 g/mol. The van der Waals surface area contributed by atoms with Crippen LogP contribution in [0, 0.1) is 6.92 Å². The first-order chi connectivity index (χ1) is 14.3. The van der Waals surface area contributed by atoms with Gasteiger partial charge in [0.25, 0.3) is 5.91 Å². The van der Waals surface area contributed by atoms with Crippen LogP contribution in [0.3, 0.4) is 0 Å². The van der Waals surface area contributed by atoms with Crippen molar-refractivity contribution in [2.75, 3.05) is 25.0 Å². The quantitative estimate of drug-likeness (QED) is 0.577. The molecule has 3 rings (SSSR count). The third-order valence-electron chi connectivity index (χ3n) is 4.51. The van der Waals surface area contributed by atoms with Crippen LogP contribution in [-0.2, 0) is 14.8 Å². The Morgan fingerprint density at radius 3 is 2.47 bits per heavy atom. The molecule has 0 radical (unpaired) electrons. The number of aryl methyl sites for hydroxylation is 1. The van der Waals surface area contributed by atoms with Crippen LogP contribution >= 0.6 is 28.1 Å². The van der Waals surface area contributed by atoms with Crippen molar-refractivity contribution in [3.05, 3.63) is 52.5 Å². The van der Waals surface area contributed by atoms with Crippen LogP contribution in [0.2, 0.25) is 0 Å². The second kappa shape index (κ2) is 9.86. The van der Waals surface area contributed by atoms with Crippen molar-refractivity contribution in [3.8, 4) is 5.75 Å². The maximum absolute atomic E-state index is 12.6. The molecular formula is C20H22BrN3O4S2. The van der Waals surface area contributed by atoms with Gasteiger partial charge in [0.2, 0.25) is 10.0 Å². The summed E-state index contributed by atoms with van der Waals surface area (Å²) in [6, 6.07) is 11.8. The molecule has 2 aromatic rings. The highest BCUT2D eigenvalue weighted by Crippen LogP contribution is 2.25. The van der Waals surface area contributed by atoms with Crippen LogP contribution in [0.15, 0.2) is 51.8 Å². The molecule has 30 heavy (non-hydrogen) atoms. The second-order valence-electron chi connectivity index (χ2n) is 6.86. The normalized spacial score (nSPS) is 14.3. The van der Waals surface area contributed by atoms with Crippen molar-refractivity contribution in [1.29, 1.82) is 0 Å². The second-order valence-corrected chi connectivity index (χ2v) is 10.1. The maximum atomic E-state index is 12.6. The van der Waals surface area contributed by atoms with Gasteiger partial charge in [-0.15, -0.1) is 0 Å². The van der Waals surface area contributed by atoms with Crippen LogP contribution in [0.1, 0.15) is 18.4 Å². The van der Waals surface area contributed by atoms with E-state index < -0.39 is 15.9 Å². The van der Waals surface area contributed by atoms with Gasteiger partial charge in [0.1, 0.15) is 5.75 Å². The number of amides is 1. The highest BCUT2D eigenvalue weighted by atomic mass is 79.9. The first kappa shape index (κ1) is 22.7. The molecular weight excluding hydrogens is 490 g/mol. The SMILES string of the molecule is Cc1ccc(OCC(=O)NC(=S)Nc2ccc(S(=O)(=O)N3CCCC3)cc2)c(Br)c1. The summed E-state index contributed by atoms with van der Waals surface area (Å²) < 4.78 is 32.8. The fourth-order valence-corrected chi connectivity index (χ4v) is 5.34. The first-order valence-corrected chi connectivity index (χ1v) is 12.0. The molecule has 2 N–H and O–H groups in total. The summed E-state index contributed by atoms with van der Waals surface area (Å²) >= 11 is 8.54. The zero-order chi connectivity index (χ0) is 21.7. The van der Waals surface area contributed by atoms with E-state index in [2.05, 4.69) is 26.6 Å². The van der Waals surface area contributed by atoms with Crippen molar-refractivity contribution in [2.45, 2.75) is 24.7 Å². The van der Waals surface area contributed by atoms with Gasteiger partial charge in [0.05, 0.1) is 9.37 Å². The number of sulfonamides is 1. The minimum absolute atomic E-state index is 0.0988. The molecule has 0 atom stereocenters. The maximum Gasteiger partial charge on any atom is 0.264 e. The van der Waals surface area contributed by atoms with Crippen LogP contribution in [0.4, 0.5) is 5.69 Å². The van der Waals surface area contributed by atoms with Gasteiger partial charge >= 0.3 is 0 Å². The van der Waals surface area contributed by atoms with Crippen LogP contribution in [0.5, 0.6) is 5.75 Å². The Morgan fingerprint density at radius 1 is 1.17 bits per heavy atom. The van der Waals surface area contributed by atoms with Crippen LogP contribution in [-0.4, -0.2) is 43.4 Å². The minimum atomic E-state index is -3.46. The topological polar surface area (TPSA) is 87.7 Å². The van der Waals surface area contributed by atoms with E-state index in [1.807, 2.05) is 19.1 Å². The molecule has 0 unspecified atom stereocenters. The van der Waals surface area contributed by atoms with E-state index in [-0.39, 0.29) is 16.6 Å². The number of carbonyl (C=O) groups excluding carboxylic acids is 1. The Morgan fingerprint density at radius 2 is 1.83 bits per heavy atom. The van der Waals surface area contributed by atoms with Crippen molar-refractivity contribution >= 4 is 54.9 Å². The van der Waals surface area contributed by atoms with Crippen molar-refractivity contribution in [3.63, 3.8) is 0 Å². The lowest BCUT2D eigenvalue weighted by atomic mass is 10.2. The van der Waals surface area contributed by atoms with E-state index in [0.717, 1.165) is 22.9 Å². The Labute approximate surface area is 190 Å². The molecule has 1 heterocycles. The third-order valence-corrected chi connectivity index (χ3v) is 7.25. The number of benzene rings is 2. The van der Waals surface area contributed by atoms with E-state index in [0.29, 0.717) is 24.5 Å². The van der Waals surface area contributed by atoms with E-state index >= 15 is 0 Å². The number of hydrogen-bond acceptors (Lipinski definition) is 5. The van der Waals surface area contributed by atoms with Crippen molar-refractivity contribution in [2.24, 2.45) is 0 Å². The van der Waals surface area contributed by atoms with Crippen molar-refractivity contribution in [1.82, 2.24) is 9.62 Å². The van der Waals surface area contributed by atoms with E-state index in [4.69, 9.17) is 17.0 Å². The fourth-order valence-electron chi connectivity index (χ4n) is 2.98. The Bertz CT molecular complexity index is 1040. The van der Waals surface area contributed by atoms with E-state index in [1.54, 1.807) is 18.2 Å². The molecule has 0 aromatic heterocycles. The lowest BCUT2D eigenvalue weighted by Crippen LogP contribution is -2.37. The predicted octanol–water partition coefficient (Wildman–Crippen LogP) is 3.43. The van der Waals surface area contributed by atoms with Crippen LogP contribution in [0.25, 0.3) is 0 Å². The molecule has 1 saturated heterocycles. The monoisotopic (exact) mass is 511 g/mol. The zero-order valence-corrected chi connectivity index (χ0v) is 19.6. The average Bonchev–Trinajstić information content (AvgIpc) is 3.23. The first-order valence-electron chi connectivity index (χ1n) is 9.36. The number of hydrogen-bond donors (Lipinski definition) is 2. The summed E-state index contributed by atoms with van der Waals surface area (Å²) in [5.74, 6) is 0.151. The van der Waals surface area contributed by atoms with E-state index in [9.17, 15) is 13.2 Å². The molecule has 7 nitrogen and oxygen atoms in total. The Kier molecular flexibility index (Phi) is 7.45. The lowest BCUT2D eigenvalue weighted by Gasteiger charge is -2.16. The minimum Gasteiger partial charge on any atom is -0.483 e. The molecule has 1 aliphatic heterocycles. The van der Waals surface area contributed by atoms with Gasteiger partial charge in [-0.1, -0.05) is 6.07 Å². The van der Waals surface area contributed by atoms with Crippen LogP contribution < -0.4 is 15.4 Å². The number of halogens is 1. The van der Waals surface area contributed by atoms with Gasteiger partial charge < -0.3 is 10.1 Å². The summed E-state index contributed by atoms with van der Waals surface area (Å²) in [5.41, 5.74) is 1.64. The molecule has 0 spiro atoms. The number of thiocarbonyl (C=S) groups is 1. The highest BCUT2D eigenvalue weighted by molar-refractivity contribution is 9.10. The molecule has 0 aliphatic carbocycles. The standard InChI is InChI=1S/C20H22BrN3O4S2/c1-14-4-9-18(17(21)12-14)28-13-19(25)23-20(29)22-15-5-7-16(8-6-15)30(26,27)24-10-2-3-11-24/h4-9,12H,2-3,10-11,13H2,1H3,(H2,22,23,25,29). The number of carbonyl (C=O) groups is 1. The Hall–Kier alpha value is -2.01. The number of nitrogens with zero attached hydrogens (tertiary/aromatic N) is 1. The summed E-state index contributed by atoms with van der Waals surface area (Å²) in [4.78, 5) is 12.3. The largest absolute Gasteiger partial charge is 0.483 e. The van der Waals surface area contributed by atoms with E-state index in [1.165, 1.54) is 16.4 Å². The number of ether oxygens (including phenoxy) is 1. The van der Waals surface area contributed by atoms with Gasteiger partial charge in [0, 0.05) is 18.8 Å². The third kappa shape index (κ3) is 5.78. The number of rotatable bonds is 6. The zero-order valence-electron chi connectivity index (χ0n) is 16.4. The molecule has 1 fully saturated rings. The summed E-state index contributed by atoms with van der Waals surface area (Å²) in [6.07, 6.45) is 1.77. The van der Waals surface area contributed by atoms with Gasteiger partial charge in [0.15, 0.2) is 11.7 Å². The molecule has 1 amide bonds. The smallest absolute Gasteiger partial charge is 0.264 e. The fraction of sp³-hybridized carbons (Fsp3) is 0.300. The molecule has 1 aliphatic rings. The summed E-state index contributed by atoms with van der Waals surface area (Å²) in [7, 11) is -3.46. The number of anilines is 1. The number of nitrogens with one attached hydrogen (secondary N) is 2. The molecule has 0 saturated carbocycles. The molecule has 10 heteroatoms. The molecule has 2 aromatic carbocycles. The highest BCUT2D eigenvalue weighted by Gasteiger charge is 2.26. The van der Waals surface area contributed by atoms with Gasteiger partial charge in [-0.05, 0) is 89.9 Å². The van der Waals surface area contributed by atoms with Crippen molar-refractivity contribution < 1.29 is 17.9 Å². The Balaban J connectivity index is 1.51. The molecule has 0 bridgehead atoms. The van der Waals surface area contributed by atoms with Gasteiger partial charge in [-0.2, -0.15) is 4.31 Å². The lowest BCUT2D eigenvalue weighted by molar-refractivity contribution is -0.121. The molecule has 160 valence electrons. The van der Waals surface area contributed by atoms with Gasteiger partial charge in [-0.3, -0.25) is 10.1 Å². The summed E-state index contributed by atoms with van der Waals surface area (Å²) in [6.45, 7) is 2.87.